The number of rotatable bonds is 8. The number of hydrogen-bond acceptors (Lipinski definition) is 6. The second kappa shape index (κ2) is 9.14. The van der Waals surface area contributed by atoms with Crippen molar-refractivity contribution in [2.75, 3.05) is 12.4 Å². The number of benzene rings is 2. The van der Waals surface area contributed by atoms with E-state index < -0.39 is 11.9 Å². The highest BCUT2D eigenvalue weighted by molar-refractivity contribution is 7.14. The molecule has 0 bridgehead atoms. The van der Waals surface area contributed by atoms with Gasteiger partial charge in [-0.2, -0.15) is 0 Å². The average molecular weight is 395 g/mol. The van der Waals surface area contributed by atoms with Crippen molar-refractivity contribution in [1.82, 2.24) is 4.98 Å². The number of thiazole rings is 1. The lowest BCUT2D eigenvalue weighted by Crippen LogP contribution is -2.26. The molecule has 1 aromatic heterocycles. The lowest BCUT2D eigenvalue weighted by molar-refractivity contribution is -0.306. The first kappa shape index (κ1) is 19.6. The van der Waals surface area contributed by atoms with Crippen LogP contribution < -0.4 is 15.2 Å². The Labute approximate surface area is 166 Å². The van der Waals surface area contributed by atoms with Gasteiger partial charge in [0.05, 0.1) is 12.8 Å². The summed E-state index contributed by atoms with van der Waals surface area (Å²) >= 11 is 1.33. The topological polar surface area (TPSA) is 91.4 Å². The molecule has 0 aliphatic heterocycles. The van der Waals surface area contributed by atoms with E-state index >= 15 is 0 Å². The number of hydrogen-bond donors (Lipinski definition) is 1. The maximum Gasteiger partial charge on any atom is 0.226 e. The average Bonchev–Trinajstić information content (AvgIpc) is 3.16. The molecular formula is C21H19N2O4S-. The molecule has 0 spiro atoms. The first-order valence-electron chi connectivity index (χ1n) is 8.69. The van der Waals surface area contributed by atoms with Gasteiger partial charge < -0.3 is 20.0 Å². The Bertz CT molecular complexity index is 939. The van der Waals surface area contributed by atoms with Crippen LogP contribution in [0.1, 0.15) is 24.3 Å². The first-order chi connectivity index (χ1) is 13.5. The van der Waals surface area contributed by atoms with Gasteiger partial charge >= 0.3 is 0 Å². The maximum atomic E-state index is 12.5. The summed E-state index contributed by atoms with van der Waals surface area (Å²) < 4.78 is 5.11. The van der Waals surface area contributed by atoms with Crippen LogP contribution in [0, 0.1) is 0 Å². The minimum absolute atomic E-state index is 0.0144. The zero-order valence-corrected chi connectivity index (χ0v) is 16.1. The normalized spacial score (nSPS) is 11.6. The molecule has 7 heteroatoms. The third kappa shape index (κ3) is 5.17. The number of anilines is 1. The predicted octanol–water partition coefficient (Wildman–Crippen LogP) is 3.07. The summed E-state index contributed by atoms with van der Waals surface area (Å²) in [6.45, 7) is 0. The third-order valence-electron chi connectivity index (χ3n) is 4.25. The van der Waals surface area contributed by atoms with Crippen molar-refractivity contribution >= 4 is 28.3 Å². The fourth-order valence-corrected chi connectivity index (χ4v) is 3.59. The number of carboxylic acids is 1. The molecule has 1 amide bonds. The van der Waals surface area contributed by atoms with E-state index in [0.29, 0.717) is 10.9 Å². The summed E-state index contributed by atoms with van der Waals surface area (Å²) in [5, 5.41) is 16.2. The molecule has 2 aromatic carbocycles. The summed E-state index contributed by atoms with van der Waals surface area (Å²) in [6.07, 6.45) is -0.229. The van der Waals surface area contributed by atoms with Crippen molar-refractivity contribution in [3.8, 4) is 17.0 Å². The van der Waals surface area contributed by atoms with E-state index in [-0.39, 0.29) is 18.7 Å². The Balaban J connectivity index is 1.68. The van der Waals surface area contributed by atoms with Crippen molar-refractivity contribution in [3.63, 3.8) is 0 Å². The van der Waals surface area contributed by atoms with E-state index in [1.165, 1.54) is 11.3 Å². The van der Waals surface area contributed by atoms with Crippen LogP contribution in [0.15, 0.2) is 60.0 Å². The van der Waals surface area contributed by atoms with Crippen LogP contribution >= 0.6 is 11.3 Å². The maximum absolute atomic E-state index is 12.5. The third-order valence-corrected chi connectivity index (χ3v) is 5.01. The number of carbonyl (C=O) groups is 2. The summed E-state index contributed by atoms with van der Waals surface area (Å²) in [7, 11) is 1.55. The minimum atomic E-state index is -1.20. The zero-order valence-electron chi connectivity index (χ0n) is 15.3. The fourth-order valence-electron chi connectivity index (χ4n) is 2.85. The van der Waals surface area contributed by atoms with Crippen molar-refractivity contribution in [2.24, 2.45) is 0 Å². The largest absolute Gasteiger partial charge is 0.550 e. The van der Waals surface area contributed by atoms with Gasteiger partial charge in [0, 0.05) is 23.3 Å². The van der Waals surface area contributed by atoms with Crippen LogP contribution in [0.4, 0.5) is 5.13 Å². The molecule has 0 radical (unpaired) electrons. The standard InChI is InChI=1S/C21H20N2O4S/c1-27-17-9-7-14(8-10-17)16(12-20(25)26)11-19(24)23-21-22-18(13-28-21)15-5-3-2-4-6-15/h2-10,13,16H,11-12H2,1H3,(H,25,26)(H,22,23,24)/p-1/t16-/m0/s1. The van der Waals surface area contributed by atoms with E-state index in [9.17, 15) is 14.7 Å². The minimum Gasteiger partial charge on any atom is -0.550 e. The molecule has 1 heterocycles. The highest BCUT2D eigenvalue weighted by Crippen LogP contribution is 2.28. The second-order valence-corrected chi connectivity index (χ2v) is 7.06. The number of aromatic nitrogens is 1. The Hall–Kier alpha value is -3.19. The molecular weight excluding hydrogens is 376 g/mol. The number of ether oxygens (including phenoxy) is 1. The van der Waals surface area contributed by atoms with Gasteiger partial charge in [-0.05, 0) is 30.0 Å². The molecule has 0 unspecified atom stereocenters. The van der Waals surface area contributed by atoms with Crippen molar-refractivity contribution in [2.45, 2.75) is 18.8 Å². The van der Waals surface area contributed by atoms with Gasteiger partial charge in [0.25, 0.3) is 0 Å². The number of aliphatic carboxylic acids is 1. The summed E-state index contributed by atoms with van der Waals surface area (Å²) in [6, 6.07) is 16.7. The molecule has 3 rings (SSSR count). The molecule has 0 saturated heterocycles. The zero-order chi connectivity index (χ0) is 19.9. The van der Waals surface area contributed by atoms with Gasteiger partial charge in [-0.1, -0.05) is 42.5 Å². The monoisotopic (exact) mass is 395 g/mol. The molecule has 0 saturated carbocycles. The van der Waals surface area contributed by atoms with Crippen LogP contribution in [0.3, 0.4) is 0 Å². The molecule has 1 atom stereocenters. The Morgan fingerprint density at radius 1 is 1.11 bits per heavy atom. The molecule has 0 fully saturated rings. The van der Waals surface area contributed by atoms with Gasteiger partial charge in [0.1, 0.15) is 5.75 Å². The van der Waals surface area contributed by atoms with Gasteiger partial charge in [0.15, 0.2) is 5.13 Å². The van der Waals surface area contributed by atoms with Gasteiger partial charge in [-0.15, -0.1) is 11.3 Å². The first-order valence-corrected chi connectivity index (χ1v) is 9.57. The molecule has 3 aromatic rings. The second-order valence-electron chi connectivity index (χ2n) is 6.20. The number of amides is 1. The molecule has 28 heavy (non-hydrogen) atoms. The van der Waals surface area contributed by atoms with Crippen molar-refractivity contribution in [3.05, 3.63) is 65.5 Å². The van der Waals surface area contributed by atoms with Gasteiger partial charge in [-0.25, -0.2) is 4.98 Å². The van der Waals surface area contributed by atoms with Crippen LogP contribution in [0.25, 0.3) is 11.3 Å². The van der Waals surface area contributed by atoms with Crippen molar-refractivity contribution < 1.29 is 19.4 Å². The number of carbonyl (C=O) groups excluding carboxylic acids is 2. The Morgan fingerprint density at radius 3 is 2.46 bits per heavy atom. The number of carboxylic acid groups (broad SMARTS) is 1. The van der Waals surface area contributed by atoms with E-state index in [0.717, 1.165) is 16.8 Å². The SMILES string of the molecule is COc1ccc([C@H](CC(=O)[O-])CC(=O)Nc2nc(-c3ccccc3)cs2)cc1. The van der Waals surface area contributed by atoms with Crippen LogP contribution in [-0.2, 0) is 9.59 Å². The van der Waals surface area contributed by atoms with Crippen molar-refractivity contribution in [1.29, 1.82) is 0 Å². The number of nitrogens with zero attached hydrogens (tertiary/aromatic N) is 1. The molecule has 0 aliphatic rings. The molecule has 1 N–H and O–H groups in total. The Morgan fingerprint density at radius 2 is 1.82 bits per heavy atom. The Kier molecular flexibility index (Phi) is 6.39. The molecule has 144 valence electrons. The van der Waals surface area contributed by atoms with Crippen LogP contribution in [0.2, 0.25) is 0 Å². The lowest BCUT2D eigenvalue weighted by atomic mass is 9.92. The quantitative estimate of drug-likeness (QED) is 0.633. The molecule has 0 aliphatic carbocycles. The highest BCUT2D eigenvalue weighted by Gasteiger charge is 2.18. The highest BCUT2D eigenvalue weighted by atomic mass is 32.1. The molecule has 6 nitrogen and oxygen atoms in total. The van der Waals surface area contributed by atoms with E-state index in [1.54, 1.807) is 31.4 Å². The number of nitrogens with one attached hydrogen (secondary N) is 1. The van der Waals surface area contributed by atoms with Gasteiger partial charge in [-0.3, -0.25) is 4.79 Å². The summed E-state index contributed by atoms with van der Waals surface area (Å²) in [4.78, 5) is 28.0. The van der Waals surface area contributed by atoms with Crippen LogP contribution in [0.5, 0.6) is 5.75 Å². The lowest BCUT2D eigenvalue weighted by Gasteiger charge is -2.17. The fraction of sp³-hybridized carbons (Fsp3) is 0.190. The smallest absolute Gasteiger partial charge is 0.226 e. The van der Waals surface area contributed by atoms with Crippen LogP contribution in [-0.4, -0.2) is 24.0 Å². The van der Waals surface area contributed by atoms with Gasteiger partial charge in [0.2, 0.25) is 5.91 Å². The van der Waals surface area contributed by atoms with E-state index in [1.807, 2.05) is 35.7 Å². The summed E-state index contributed by atoms with van der Waals surface area (Å²) in [5.74, 6) is -1.33. The van der Waals surface area contributed by atoms with E-state index in [2.05, 4.69) is 10.3 Å². The predicted molar refractivity (Wildman–Crippen MR) is 106 cm³/mol. The van der Waals surface area contributed by atoms with E-state index in [4.69, 9.17) is 4.74 Å². The number of methoxy groups -OCH3 is 1. The summed E-state index contributed by atoms with van der Waals surface area (Å²) in [5.41, 5.74) is 2.49.